The van der Waals surface area contributed by atoms with E-state index in [9.17, 15) is 9.59 Å². The molecule has 0 aliphatic heterocycles. The van der Waals surface area contributed by atoms with Gasteiger partial charge < -0.3 is 15.2 Å². The van der Waals surface area contributed by atoms with E-state index >= 15 is 0 Å². The molecule has 2 heterocycles. The molecule has 0 saturated carbocycles. The highest BCUT2D eigenvalue weighted by Crippen LogP contribution is 2.30. The molecule has 0 unspecified atom stereocenters. The molecule has 4 rings (SSSR count). The topological polar surface area (TPSA) is 76.0 Å². The molecule has 4 aromatic rings. The maximum atomic E-state index is 12.6. The van der Waals surface area contributed by atoms with Crippen LogP contribution < -0.4 is 10.6 Å². The van der Waals surface area contributed by atoms with Gasteiger partial charge in [0.15, 0.2) is 0 Å². The molecule has 0 saturated heterocycles. The van der Waals surface area contributed by atoms with Gasteiger partial charge in [0, 0.05) is 40.5 Å². The van der Waals surface area contributed by atoms with Crippen LogP contribution in [-0.2, 0) is 16.1 Å². The summed E-state index contributed by atoms with van der Waals surface area (Å²) >= 11 is 7.49. The third kappa shape index (κ3) is 5.20. The molecule has 8 heteroatoms. The molecule has 2 N–H and O–H groups in total. The number of anilines is 2. The van der Waals surface area contributed by atoms with E-state index in [1.807, 2.05) is 52.5 Å². The Balaban J connectivity index is 1.44. The minimum absolute atomic E-state index is 0.140. The van der Waals surface area contributed by atoms with Crippen molar-refractivity contribution in [3.63, 3.8) is 0 Å². The predicted molar refractivity (Wildman–Crippen MR) is 125 cm³/mol. The summed E-state index contributed by atoms with van der Waals surface area (Å²) < 4.78 is 1.87. The van der Waals surface area contributed by atoms with Crippen molar-refractivity contribution in [1.29, 1.82) is 0 Å². The van der Waals surface area contributed by atoms with E-state index < -0.39 is 0 Å². The molecule has 0 bridgehead atoms. The Hall–Kier alpha value is -3.42. The standard InChI is InChI=1S/C23H19ClN4O2S/c1-15(29)25-18-8-10-19(11-9-18)26-22(30)13-28-12-2-3-21(28)23-27-20(14-31-23)16-4-6-17(24)7-5-16/h2-12,14H,13H2,1H3,(H,25,29)(H,26,30). The fraction of sp³-hybridized carbons (Fsp3) is 0.0870. The normalized spacial score (nSPS) is 10.6. The van der Waals surface area contributed by atoms with Crippen LogP contribution >= 0.6 is 22.9 Å². The van der Waals surface area contributed by atoms with E-state index in [-0.39, 0.29) is 18.4 Å². The Bertz CT molecular complexity index is 1210. The van der Waals surface area contributed by atoms with Crippen molar-refractivity contribution in [3.05, 3.63) is 77.3 Å². The third-order valence-electron chi connectivity index (χ3n) is 4.50. The highest BCUT2D eigenvalue weighted by Gasteiger charge is 2.13. The highest BCUT2D eigenvalue weighted by atomic mass is 35.5. The molecule has 31 heavy (non-hydrogen) atoms. The number of hydrogen-bond acceptors (Lipinski definition) is 4. The summed E-state index contributed by atoms with van der Waals surface area (Å²) in [5, 5.41) is 9.08. The first kappa shape index (κ1) is 20.8. The van der Waals surface area contributed by atoms with Crippen LogP contribution in [0.25, 0.3) is 22.0 Å². The molecule has 6 nitrogen and oxygen atoms in total. The van der Waals surface area contributed by atoms with Crippen molar-refractivity contribution in [1.82, 2.24) is 9.55 Å². The van der Waals surface area contributed by atoms with Gasteiger partial charge in [0.25, 0.3) is 0 Å². The fourth-order valence-corrected chi connectivity index (χ4v) is 4.08. The number of carbonyl (C=O) groups is 2. The number of halogens is 1. The van der Waals surface area contributed by atoms with Crippen molar-refractivity contribution in [3.8, 4) is 22.0 Å². The minimum atomic E-state index is -0.154. The third-order valence-corrected chi connectivity index (χ3v) is 5.61. The van der Waals surface area contributed by atoms with Crippen LogP contribution in [0, 0.1) is 0 Å². The molecule has 0 radical (unpaired) electrons. The van der Waals surface area contributed by atoms with Crippen molar-refractivity contribution < 1.29 is 9.59 Å². The van der Waals surface area contributed by atoms with Gasteiger partial charge in [0.2, 0.25) is 11.8 Å². The lowest BCUT2D eigenvalue weighted by Gasteiger charge is -2.09. The van der Waals surface area contributed by atoms with E-state index in [4.69, 9.17) is 16.6 Å². The molecule has 0 spiro atoms. The lowest BCUT2D eigenvalue weighted by Crippen LogP contribution is -2.18. The summed E-state index contributed by atoms with van der Waals surface area (Å²) in [6, 6.07) is 18.4. The number of benzene rings is 2. The van der Waals surface area contributed by atoms with Crippen LogP contribution in [0.2, 0.25) is 5.02 Å². The quantitative estimate of drug-likeness (QED) is 0.405. The molecular weight excluding hydrogens is 432 g/mol. The Labute approximate surface area is 188 Å². The van der Waals surface area contributed by atoms with Crippen molar-refractivity contribution in [2.45, 2.75) is 13.5 Å². The Morgan fingerprint density at radius 1 is 1.00 bits per heavy atom. The first-order valence-electron chi connectivity index (χ1n) is 9.52. The van der Waals surface area contributed by atoms with E-state index in [2.05, 4.69) is 10.6 Å². The fourth-order valence-electron chi connectivity index (χ4n) is 3.09. The van der Waals surface area contributed by atoms with Crippen LogP contribution in [0.3, 0.4) is 0 Å². The average Bonchev–Trinajstić information content (AvgIpc) is 3.39. The van der Waals surface area contributed by atoms with E-state index in [0.717, 1.165) is 22.0 Å². The largest absolute Gasteiger partial charge is 0.336 e. The zero-order valence-electron chi connectivity index (χ0n) is 16.6. The molecule has 0 atom stereocenters. The predicted octanol–water partition coefficient (Wildman–Crippen LogP) is 5.53. The highest BCUT2D eigenvalue weighted by molar-refractivity contribution is 7.13. The number of rotatable bonds is 6. The summed E-state index contributed by atoms with van der Waals surface area (Å²) in [6.45, 7) is 1.61. The molecule has 2 amide bonds. The molecule has 2 aromatic carbocycles. The first-order chi connectivity index (χ1) is 15.0. The second kappa shape index (κ2) is 9.16. The second-order valence-corrected chi connectivity index (χ2v) is 8.17. The van der Waals surface area contributed by atoms with E-state index in [1.165, 1.54) is 18.3 Å². The van der Waals surface area contributed by atoms with Crippen LogP contribution in [0.4, 0.5) is 11.4 Å². The van der Waals surface area contributed by atoms with Gasteiger partial charge in [0.1, 0.15) is 11.6 Å². The van der Waals surface area contributed by atoms with E-state index in [1.54, 1.807) is 24.3 Å². The van der Waals surface area contributed by atoms with Gasteiger partial charge in [-0.05, 0) is 48.5 Å². The number of nitrogens with zero attached hydrogens (tertiary/aromatic N) is 2. The lowest BCUT2D eigenvalue weighted by molar-refractivity contribution is -0.117. The molecule has 0 fully saturated rings. The summed E-state index contributed by atoms with van der Waals surface area (Å²) in [5.74, 6) is -0.294. The van der Waals surface area contributed by atoms with Gasteiger partial charge in [-0.3, -0.25) is 9.59 Å². The van der Waals surface area contributed by atoms with Gasteiger partial charge in [-0.1, -0.05) is 23.7 Å². The van der Waals surface area contributed by atoms with Gasteiger partial charge in [-0.15, -0.1) is 11.3 Å². The van der Waals surface area contributed by atoms with E-state index in [0.29, 0.717) is 16.4 Å². The summed E-state index contributed by atoms with van der Waals surface area (Å²) in [4.78, 5) is 28.4. The minimum Gasteiger partial charge on any atom is -0.336 e. The number of amides is 2. The van der Waals surface area contributed by atoms with Gasteiger partial charge >= 0.3 is 0 Å². The summed E-state index contributed by atoms with van der Waals surface area (Å²) in [5.41, 5.74) is 4.07. The maximum Gasteiger partial charge on any atom is 0.244 e. The summed E-state index contributed by atoms with van der Waals surface area (Å²) in [7, 11) is 0. The van der Waals surface area contributed by atoms with Crippen LogP contribution in [-0.4, -0.2) is 21.4 Å². The smallest absolute Gasteiger partial charge is 0.244 e. The number of hydrogen-bond donors (Lipinski definition) is 2. The molecule has 0 aliphatic carbocycles. The Morgan fingerprint density at radius 3 is 2.35 bits per heavy atom. The number of thiazole rings is 1. The van der Waals surface area contributed by atoms with Crippen molar-refractivity contribution in [2.75, 3.05) is 10.6 Å². The SMILES string of the molecule is CC(=O)Nc1ccc(NC(=O)Cn2cccc2-c2nc(-c3ccc(Cl)cc3)cs2)cc1. The Morgan fingerprint density at radius 2 is 1.68 bits per heavy atom. The van der Waals surface area contributed by atoms with Crippen LogP contribution in [0.5, 0.6) is 0 Å². The van der Waals surface area contributed by atoms with Crippen molar-refractivity contribution >= 4 is 46.1 Å². The average molecular weight is 451 g/mol. The van der Waals surface area contributed by atoms with Gasteiger partial charge in [-0.2, -0.15) is 0 Å². The van der Waals surface area contributed by atoms with Gasteiger partial charge in [0.05, 0.1) is 11.4 Å². The number of carbonyl (C=O) groups excluding carboxylic acids is 2. The number of aromatic nitrogens is 2. The van der Waals surface area contributed by atoms with Crippen LogP contribution in [0.1, 0.15) is 6.92 Å². The second-order valence-electron chi connectivity index (χ2n) is 6.87. The Kier molecular flexibility index (Phi) is 6.16. The maximum absolute atomic E-state index is 12.6. The summed E-state index contributed by atoms with van der Waals surface area (Å²) in [6.07, 6.45) is 1.86. The molecule has 156 valence electrons. The van der Waals surface area contributed by atoms with Crippen molar-refractivity contribution in [2.24, 2.45) is 0 Å². The molecule has 2 aromatic heterocycles. The monoisotopic (exact) mass is 450 g/mol. The molecular formula is C23H19ClN4O2S. The molecule has 0 aliphatic rings. The zero-order valence-corrected chi connectivity index (χ0v) is 18.2. The lowest BCUT2D eigenvalue weighted by atomic mass is 10.2. The van der Waals surface area contributed by atoms with Crippen LogP contribution in [0.15, 0.2) is 72.2 Å². The zero-order chi connectivity index (χ0) is 21.8. The van der Waals surface area contributed by atoms with Gasteiger partial charge in [-0.25, -0.2) is 4.98 Å². The number of nitrogens with one attached hydrogen (secondary N) is 2. The first-order valence-corrected chi connectivity index (χ1v) is 10.8.